The van der Waals surface area contributed by atoms with E-state index in [1.807, 2.05) is 0 Å². The van der Waals surface area contributed by atoms with E-state index < -0.39 is 10.0 Å². The van der Waals surface area contributed by atoms with Crippen molar-refractivity contribution in [1.29, 1.82) is 0 Å². The normalized spacial score (nSPS) is 14.6. The van der Waals surface area contributed by atoms with E-state index >= 15 is 0 Å². The standard InChI is InChI=1S/C6H6AsCl2NO2S.C4H8/c7-3-1-4(8)5(9)2-6(3)13(10,11)12;1-2-4-3-1/h1-2H,7H2,(H2,10,11,12);1-4H2. The molecule has 0 heterocycles. The Balaban J connectivity index is 0.000000302. The van der Waals surface area contributed by atoms with Crippen molar-refractivity contribution in [2.75, 3.05) is 0 Å². The van der Waals surface area contributed by atoms with E-state index in [0.717, 1.165) is 16.9 Å². The second-order valence-corrected chi connectivity index (χ2v) is 7.41. The zero-order valence-electron chi connectivity index (χ0n) is 9.12. The number of primary sulfonamides is 1. The van der Waals surface area contributed by atoms with Gasteiger partial charge in [0.15, 0.2) is 0 Å². The summed E-state index contributed by atoms with van der Waals surface area (Å²) in [4.78, 5) is 0.0295. The molecule has 7 heteroatoms. The van der Waals surface area contributed by atoms with Gasteiger partial charge in [0, 0.05) is 0 Å². The van der Waals surface area contributed by atoms with Crippen LogP contribution in [0.1, 0.15) is 25.7 Å². The average molecular weight is 358 g/mol. The molecule has 1 aromatic rings. The fourth-order valence-electron chi connectivity index (χ4n) is 1.04. The van der Waals surface area contributed by atoms with Gasteiger partial charge < -0.3 is 0 Å². The van der Waals surface area contributed by atoms with E-state index in [4.69, 9.17) is 28.3 Å². The van der Waals surface area contributed by atoms with Gasteiger partial charge in [0.2, 0.25) is 0 Å². The third-order valence-electron chi connectivity index (χ3n) is 2.36. The van der Waals surface area contributed by atoms with Crippen molar-refractivity contribution in [3.8, 4) is 0 Å². The van der Waals surface area contributed by atoms with Gasteiger partial charge in [-0.05, 0) is 0 Å². The van der Waals surface area contributed by atoms with Gasteiger partial charge >= 0.3 is 95.1 Å². The van der Waals surface area contributed by atoms with Gasteiger partial charge in [-0.1, -0.05) is 25.7 Å². The molecular formula is C10H14AsCl2NO2S. The Hall–Kier alpha value is 0.268. The van der Waals surface area contributed by atoms with Crippen molar-refractivity contribution >= 4 is 54.4 Å². The Morgan fingerprint density at radius 3 is 1.82 bits per heavy atom. The molecule has 2 N–H and O–H groups in total. The fraction of sp³-hybridized carbons (Fsp3) is 0.400. The molecule has 0 saturated heterocycles. The van der Waals surface area contributed by atoms with Crippen LogP contribution in [0.25, 0.3) is 0 Å². The molecule has 3 nitrogen and oxygen atoms in total. The SMILES string of the molecule is C1CCC1.NS(=O)(=O)c1cc(Cl)c(Cl)cc1[AsH2]. The van der Waals surface area contributed by atoms with Crippen LogP contribution in [-0.4, -0.2) is 25.3 Å². The molecule has 2 rings (SSSR count). The van der Waals surface area contributed by atoms with E-state index in [-0.39, 0.29) is 9.92 Å². The van der Waals surface area contributed by atoms with Gasteiger partial charge in [-0.15, -0.1) is 0 Å². The molecule has 0 bridgehead atoms. The molecule has 96 valence electrons. The molecule has 1 unspecified atom stereocenters. The summed E-state index contributed by atoms with van der Waals surface area (Å²) >= 11 is 12.5. The summed E-state index contributed by atoms with van der Waals surface area (Å²) in [6, 6.07) is 2.75. The quantitative estimate of drug-likeness (QED) is 0.773. The Morgan fingerprint density at radius 1 is 1.06 bits per heavy atom. The van der Waals surface area contributed by atoms with Crippen molar-refractivity contribution in [2.45, 2.75) is 30.6 Å². The van der Waals surface area contributed by atoms with Crippen LogP contribution in [0.5, 0.6) is 0 Å². The number of benzene rings is 1. The Bertz CT molecular complexity index is 497. The predicted octanol–water partition coefficient (Wildman–Crippen LogP) is 1.46. The Morgan fingerprint density at radius 2 is 1.47 bits per heavy atom. The maximum absolute atomic E-state index is 11.0. The van der Waals surface area contributed by atoms with Gasteiger partial charge in [-0.2, -0.15) is 0 Å². The topological polar surface area (TPSA) is 60.2 Å². The summed E-state index contributed by atoms with van der Waals surface area (Å²) in [5, 5.41) is 5.47. The minimum atomic E-state index is -3.70. The first-order valence-corrected chi connectivity index (χ1v) is 8.61. The third-order valence-corrected chi connectivity index (χ3v) is 5.49. The molecule has 17 heavy (non-hydrogen) atoms. The second kappa shape index (κ2) is 6.44. The van der Waals surface area contributed by atoms with Crippen molar-refractivity contribution in [3.05, 3.63) is 22.2 Å². The summed E-state index contributed by atoms with van der Waals surface area (Å²) in [6.45, 7) is 0. The number of sulfonamides is 1. The van der Waals surface area contributed by atoms with E-state index in [1.165, 1.54) is 37.8 Å². The molecule has 1 aromatic carbocycles. The molecular weight excluding hydrogens is 344 g/mol. The molecule has 1 aliphatic rings. The van der Waals surface area contributed by atoms with E-state index in [1.54, 1.807) is 0 Å². The van der Waals surface area contributed by atoms with Gasteiger partial charge in [0.25, 0.3) is 0 Å². The molecule has 0 spiro atoms. The van der Waals surface area contributed by atoms with Crippen LogP contribution in [0.4, 0.5) is 0 Å². The molecule has 0 aliphatic heterocycles. The number of nitrogens with two attached hydrogens (primary N) is 1. The summed E-state index contributed by atoms with van der Waals surface area (Å²) < 4.78 is 22.6. The summed E-state index contributed by atoms with van der Waals surface area (Å²) in [7, 11) is -3.70. The first kappa shape index (κ1) is 15.3. The molecule has 1 fully saturated rings. The van der Waals surface area contributed by atoms with E-state index in [2.05, 4.69) is 0 Å². The summed E-state index contributed by atoms with van der Waals surface area (Å²) in [6.07, 6.45) is 6.00. The first-order valence-electron chi connectivity index (χ1n) is 5.09. The maximum atomic E-state index is 11.0. The summed E-state index contributed by atoms with van der Waals surface area (Å²) in [5.41, 5.74) is 0. The first-order chi connectivity index (χ1) is 7.82. The number of hydrogen-bond donors (Lipinski definition) is 1. The van der Waals surface area contributed by atoms with Gasteiger partial charge in [0.1, 0.15) is 0 Å². The van der Waals surface area contributed by atoms with Crippen LogP contribution >= 0.6 is 23.2 Å². The fourth-order valence-corrected chi connectivity index (χ4v) is 3.89. The molecule has 0 aromatic heterocycles. The summed E-state index contributed by atoms with van der Waals surface area (Å²) in [5.74, 6) is 0. The zero-order chi connectivity index (χ0) is 13.1. The molecule has 1 saturated carbocycles. The molecule has 0 radical (unpaired) electrons. The Labute approximate surface area is 120 Å². The van der Waals surface area contributed by atoms with Crippen molar-refractivity contribution in [2.24, 2.45) is 5.14 Å². The van der Waals surface area contributed by atoms with Crippen molar-refractivity contribution in [1.82, 2.24) is 0 Å². The predicted molar refractivity (Wildman–Crippen MR) is 74.5 cm³/mol. The molecule has 0 amide bonds. The third kappa shape index (κ3) is 4.80. The van der Waals surface area contributed by atoms with Crippen molar-refractivity contribution < 1.29 is 8.42 Å². The molecule has 1 atom stereocenters. The Kier molecular flexibility index (Phi) is 5.81. The average Bonchev–Trinajstić information content (AvgIpc) is 2.06. The second-order valence-electron chi connectivity index (χ2n) is 3.76. The van der Waals surface area contributed by atoms with Crippen molar-refractivity contribution in [3.63, 3.8) is 0 Å². The van der Waals surface area contributed by atoms with Gasteiger partial charge in [0.05, 0.1) is 0 Å². The minimum absolute atomic E-state index is 0.0295. The van der Waals surface area contributed by atoms with Gasteiger partial charge in [-0.3, -0.25) is 0 Å². The number of halogens is 2. The number of rotatable bonds is 1. The van der Waals surface area contributed by atoms with Crippen LogP contribution in [0, 0.1) is 0 Å². The zero-order valence-corrected chi connectivity index (χ0v) is 13.9. The van der Waals surface area contributed by atoms with Crippen LogP contribution in [0.3, 0.4) is 0 Å². The van der Waals surface area contributed by atoms with Crippen LogP contribution < -0.4 is 9.49 Å². The van der Waals surface area contributed by atoms with Crippen LogP contribution in [-0.2, 0) is 10.0 Å². The monoisotopic (exact) mass is 357 g/mol. The number of hydrogen-bond acceptors (Lipinski definition) is 2. The molecule has 1 aliphatic carbocycles. The van der Waals surface area contributed by atoms with Crippen LogP contribution in [0.15, 0.2) is 17.0 Å². The van der Waals surface area contributed by atoms with E-state index in [0.29, 0.717) is 9.37 Å². The van der Waals surface area contributed by atoms with Gasteiger partial charge in [-0.25, -0.2) is 0 Å². The van der Waals surface area contributed by atoms with Crippen LogP contribution in [0.2, 0.25) is 10.0 Å². The van der Waals surface area contributed by atoms with E-state index in [9.17, 15) is 8.42 Å².